The largest absolute Gasteiger partial charge is 0.338 e. The van der Waals surface area contributed by atoms with Gasteiger partial charge in [0.05, 0.1) is 0 Å². The summed E-state index contributed by atoms with van der Waals surface area (Å²) in [6.07, 6.45) is 5.67. The molecule has 160 valence electrons. The number of rotatable bonds is 8. The van der Waals surface area contributed by atoms with Crippen LogP contribution < -0.4 is 10.6 Å². The molecular weight excluding hydrogens is 374 g/mol. The lowest BCUT2D eigenvalue weighted by atomic mass is 9.85. The molecule has 0 aromatic heterocycles. The average Bonchev–Trinajstić information content (AvgIpc) is 2.74. The van der Waals surface area contributed by atoms with E-state index in [2.05, 4.69) is 52.9 Å². The van der Waals surface area contributed by atoms with Crippen LogP contribution in [0.25, 0.3) is 0 Å². The van der Waals surface area contributed by atoms with Crippen molar-refractivity contribution in [3.63, 3.8) is 0 Å². The van der Waals surface area contributed by atoms with Crippen LogP contribution in [0, 0.1) is 5.92 Å². The van der Waals surface area contributed by atoms with E-state index in [1.54, 1.807) is 24.3 Å². The van der Waals surface area contributed by atoms with Gasteiger partial charge in [-0.05, 0) is 76.2 Å². The van der Waals surface area contributed by atoms with Gasteiger partial charge in [-0.3, -0.25) is 4.79 Å². The maximum Gasteiger partial charge on any atom is 0.319 e. The Hall–Kier alpha value is -2.66. The summed E-state index contributed by atoms with van der Waals surface area (Å²) in [6, 6.07) is 18.1. The van der Waals surface area contributed by atoms with E-state index in [9.17, 15) is 9.59 Å². The molecular formula is C25H33N3O2. The summed E-state index contributed by atoms with van der Waals surface area (Å²) in [6.45, 7) is 3.31. The zero-order valence-electron chi connectivity index (χ0n) is 18.1. The lowest BCUT2D eigenvalue weighted by Gasteiger charge is -2.37. The van der Waals surface area contributed by atoms with Crippen molar-refractivity contribution in [1.29, 1.82) is 0 Å². The number of benzene rings is 2. The van der Waals surface area contributed by atoms with Crippen molar-refractivity contribution in [2.45, 2.75) is 45.1 Å². The van der Waals surface area contributed by atoms with Crippen molar-refractivity contribution in [2.24, 2.45) is 5.92 Å². The molecule has 2 amide bonds. The maximum absolute atomic E-state index is 12.1. The first-order valence-corrected chi connectivity index (χ1v) is 10.9. The topological polar surface area (TPSA) is 61.4 Å². The number of anilines is 1. The minimum Gasteiger partial charge on any atom is -0.338 e. The highest BCUT2D eigenvalue weighted by molar-refractivity contribution is 5.96. The smallest absolute Gasteiger partial charge is 0.319 e. The number of ketones is 1. The molecule has 2 N–H and O–H groups in total. The first kappa shape index (κ1) is 22.0. The number of nitrogens with zero attached hydrogens (tertiary/aromatic N) is 1. The van der Waals surface area contributed by atoms with Crippen LogP contribution in [-0.4, -0.2) is 42.9 Å². The number of carbonyl (C=O) groups is 2. The Balaban J connectivity index is 1.39. The highest BCUT2D eigenvalue weighted by Crippen LogP contribution is 2.27. The van der Waals surface area contributed by atoms with Crippen molar-refractivity contribution < 1.29 is 9.59 Å². The highest BCUT2D eigenvalue weighted by Gasteiger charge is 2.25. The molecule has 0 aliphatic carbocycles. The van der Waals surface area contributed by atoms with Crippen LogP contribution in [0.2, 0.25) is 0 Å². The molecule has 1 aliphatic rings. The van der Waals surface area contributed by atoms with Crippen molar-refractivity contribution in [3.05, 3.63) is 65.7 Å². The van der Waals surface area contributed by atoms with Gasteiger partial charge in [-0.15, -0.1) is 0 Å². The monoisotopic (exact) mass is 407 g/mol. The summed E-state index contributed by atoms with van der Waals surface area (Å²) in [5.74, 6) is 0.722. The molecule has 1 heterocycles. The number of urea groups is 1. The fourth-order valence-corrected chi connectivity index (χ4v) is 4.25. The van der Waals surface area contributed by atoms with Gasteiger partial charge < -0.3 is 15.5 Å². The highest BCUT2D eigenvalue weighted by atomic mass is 16.2. The summed E-state index contributed by atoms with van der Waals surface area (Å²) >= 11 is 0. The number of amides is 2. The standard InChI is InChI=1S/C25H33N3O2/c1-19(29)22-10-6-11-23(18-22)27-25(30)26-14-7-12-24-17-21(13-15-28(24)2)16-20-8-4-3-5-9-20/h3-6,8-11,18,21,24H,7,12-17H2,1-2H3,(H2,26,27,30). The van der Waals surface area contributed by atoms with E-state index in [4.69, 9.17) is 0 Å². The van der Waals surface area contributed by atoms with E-state index in [1.807, 2.05) is 0 Å². The van der Waals surface area contributed by atoms with E-state index < -0.39 is 0 Å². The Bertz CT molecular complexity index is 837. The minimum absolute atomic E-state index is 0.0128. The molecule has 0 saturated carbocycles. The van der Waals surface area contributed by atoms with Crippen LogP contribution in [0.1, 0.15) is 48.5 Å². The Morgan fingerprint density at radius 1 is 1.10 bits per heavy atom. The molecule has 1 fully saturated rings. The van der Waals surface area contributed by atoms with Gasteiger partial charge in [0.15, 0.2) is 5.78 Å². The third kappa shape index (κ3) is 6.70. The molecule has 2 atom stereocenters. The summed E-state index contributed by atoms with van der Waals surface area (Å²) in [5, 5.41) is 5.74. The van der Waals surface area contributed by atoms with Gasteiger partial charge in [0.2, 0.25) is 0 Å². The SMILES string of the molecule is CC(=O)c1cccc(NC(=O)NCCCC2CC(Cc3ccccc3)CCN2C)c1. The summed E-state index contributed by atoms with van der Waals surface area (Å²) in [4.78, 5) is 26.1. The molecule has 2 aromatic carbocycles. The number of carbonyl (C=O) groups excluding carboxylic acids is 2. The van der Waals surface area contributed by atoms with E-state index in [1.165, 1.54) is 25.3 Å². The van der Waals surface area contributed by atoms with Crippen LogP contribution in [0.15, 0.2) is 54.6 Å². The second-order valence-electron chi connectivity index (χ2n) is 8.37. The van der Waals surface area contributed by atoms with Crippen molar-refractivity contribution >= 4 is 17.5 Å². The van der Waals surface area contributed by atoms with Gasteiger partial charge in [-0.25, -0.2) is 4.79 Å². The quantitative estimate of drug-likeness (QED) is 0.491. The first-order valence-electron chi connectivity index (χ1n) is 10.9. The van der Waals surface area contributed by atoms with E-state index >= 15 is 0 Å². The first-order chi connectivity index (χ1) is 14.5. The van der Waals surface area contributed by atoms with Crippen molar-refractivity contribution in [3.8, 4) is 0 Å². The van der Waals surface area contributed by atoms with Gasteiger partial charge in [0.1, 0.15) is 0 Å². The fourth-order valence-electron chi connectivity index (χ4n) is 4.25. The van der Waals surface area contributed by atoms with E-state index in [-0.39, 0.29) is 11.8 Å². The van der Waals surface area contributed by atoms with Crippen LogP contribution >= 0.6 is 0 Å². The molecule has 2 aromatic rings. The third-order valence-corrected chi connectivity index (χ3v) is 6.01. The van der Waals surface area contributed by atoms with Crippen LogP contribution in [0.4, 0.5) is 10.5 Å². The molecule has 1 saturated heterocycles. The molecule has 0 spiro atoms. The second kappa shape index (κ2) is 10.9. The van der Waals surface area contributed by atoms with Crippen LogP contribution in [-0.2, 0) is 6.42 Å². The van der Waals surface area contributed by atoms with Gasteiger partial charge in [-0.2, -0.15) is 0 Å². The van der Waals surface area contributed by atoms with Gasteiger partial charge in [0.25, 0.3) is 0 Å². The van der Waals surface area contributed by atoms with Crippen LogP contribution in [0.5, 0.6) is 0 Å². The summed E-state index contributed by atoms with van der Waals surface area (Å²) in [5.41, 5.74) is 2.66. The third-order valence-electron chi connectivity index (χ3n) is 6.01. The number of hydrogen-bond acceptors (Lipinski definition) is 3. The molecule has 30 heavy (non-hydrogen) atoms. The molecule has 1 aliphatic heterocycles. The Labute approximate surface area is 179 Å². The Morgan fingerprint density at radius 2 is 1.90 bits per heavy atom. The predicted octanol–water partition coefficient (Wildman–Crippen LogP) is 4.74. The lowest BCUT2D eigenvalue weighted by Crippen LogP contribution is -2.41. The number of likely N-dealkylation sites (tertiary alicyclic amines) is 1. The lowest BCUT2D eigenvalue weighted by molar-refractivity contribution is 0.101. The van der Waals surface area contributed by atoms with E-state index in [0.29, 0.717) is 23.8 Å². The molecule has 2 unspecified atom stereocenters. The second-order valence-corrected chi connectivity index (χ2v) is 8.37. The van der Waals surface area contributed by atoms with Gasteiger partial charge >= 0.3 is 6.03 Å². The molecule has 5 heteroatoms. The molecule has 0 bridgehead atoms. The zero-order chi connectivity index (χ0) is 21.3. The van der Waals surface area contributed by atoms with Crippen molar-refractivity contribution in [2.75, 3.05) is 25.5 Å². The van der Waals surface area contributed by atoms with Crippen LogP contribution in [0.3, 0.4) is 0 Å². The van der Waals surface area contributed by atoms with E-state index in [0.717, 1.165) is 31.7 Å². The number of hydrogen-bond donors (Lipinski definition) is 2. The Kier molecular flexibility index (Phi) is 8.03. The fraction of sp³-hybridized carbons (Fsp3) is 0.440. The van der Waals surface area contributed by atoms with Gasteiger partial charge in [-0.1, -0.05) is 42.5 Å². The minimum atomic E-state index is -0.227. The normalized spacial score (nSPS) is 19.3. The number of Topliss-reactive ketones (excluding diaryl/α,β-unsaturated/α-hetero) is 1. The number of piperidine rings is 1. The molecule has 5 nitrogen and oxygen atoms in total. The Morgan fingerprint density at radius 3 is 2.67 bits per heavy atom. The van der Waals surface area contributed by atoms with Crippen molar-refractivity contribution in [1.82, 2.24) is 10.2 Å². The summed E-state index contributed by atoms with van der Waals surface area (Å²) in [7, 11) is 2.21. The molecule has 0 radical (unpaired) electrons. The average molecular weight is 408 g/mol. The zero-order valence-corrected chi connectivity index (χ0v) is 18.1. The molecule has 3 rings (SSSR count). The van der Waals surface area contributed by atoms with Gasteiger partial charge in [0, 0.05) is 23.8 Å². The summed E-state index contributed by atoms with van der Waals surface area (Å²) < 4.78 is 0. The maximum atomic E-state index is 12.1. The predicted molar refractivity (Wildman–Crippen MR) is 122 cm³/mol. The number of nitrogens with one attached hydrogen (secondary N) is 2.